The van der Waals surface area contributed by atoms with Crippen molar-refractivity contribution in [2.45, 2.75) is 32.2 Å². The van der Waals surface area contributed by atoms with Crippen molar-refractivity contribution in [3.8, 4) is 0 Å². The molecule has 0 aliphatic carbocycles. The van der Waals surface area contributed by atoms with Crippen molar-refractivity contribution in [2.24, 2.45) is 4.99 Å². The number of nitrogens with one attached hydrogen (secondary N) is 1. The number of para-hydroxylation sites is 1. The number of benzene rings is 3. The Balaban J connectivity index is 1.77. The molecule has 1 heterocycles. The van der Waals surface area contributed by atoms with E-state index in [9.17, 15) is 13.2 Å². The fraction of sp³-hybridized carbons (Fsp3) is 0.231. The Hall–Kier alpha value is -3.27. The first kappa shape index (κ1) is 24.8. The third-order valence-corrected chi connectivity index (χ3v) is 8.17. The van der Waals surface area contributed by atoms with Crippen molar-refractivity contribution < 1.29 is 17.9 Å². The number of sulfonamides is 1. The zero-order valence-electron chi connectivity index (χ0n) is 20.0. The lowest BCUT2D eigenvalue weighted by molar-refractivity contribution is 0.0998. The van der Waals surface area contributed by atoms with Crippen molar-refractivity contribution in [3.63, 3.8) is 0 Å². The summed E-state index contributed by atoms with van der Waals surface area (Å²) in [6.45, 7) is 6.95. The fourth-order valence-corrected chi connectivity index (χ4v) is 6.01. The molecule has 9 heteroatoms. The number of ether oxygens (including phenoxy) is 1. The van der Waals surface area contributed by atoms with Gasteiger partial charge in [-0.3, -0.25) is 9.52 Å². The highest BCUT2D eigenvalue weighted by Crippen LogP contribution is 2.25. The zero-order valence-corrected chi connectivity index (χ0v) is 21.7. The maximum absolute atomic E-state index is 13.3. The maximum Gasteiger partial charge on any atom is 0.281 e. The maximum atomic E-state index is 13.3. The molecule has 0 saturated heterocycles. The number of rotatable bonds is 7. The Morgan fingerprint density at radius 3 is 2.46 bits per heavy atom. The van der Waals surface area contributed by atoms with Crippen LogP contribution in [0.1, 0.15) is 27.0 Å². The summed E-state index contributed by atoms with van der Waals surface area (Å²) in [6.07, 6.45) is 0. The van der Waals surface area contributed by atoms with E-state index in [0.29, 0.717) is 18.0 Å². The van der Waals surface area contributed by atoms with Crippen molar-refractivity contribution in [3.05, 3.63) is 87.7 Å². The highest BCUT2D eigenvalue weighted by Gasteiger charge is 2.19. The molecule has 1 aromatic heterocycles. The molecule has 0 bridgehead atoms. The minimum Gasteiger partial charge on any atom is -0.383 e. The summed E-state index contributed by atoms with van der Waals surface area (Å²) in [5, 5.41) is 0. The molecular weight excluding hydrogens is 482 g/mol. The Morgan fingerprint density at radius 2 is 1.74 bits per heavy atom. The van der Waals surface area contributed by atoms with E-state index in [1.807, 2.05) is 25.3 Å². The van der Waals surface area contributed by atoms with Gasteiger partial charge in [-0.25, -0.2) is 8.42 Å². The van der Waals surface area contributed by atoms with Gasteiger partial charge in [0.05, 0.1) is 33.0 Å². The number of carbonyl (C=O) groups is 1. The standard InChI is InChI=1S/C26H27N3O4S2/c1-17-9-11-20(12-10-17)35(31,32)28-22-8-6-5-7-21(22)25(30)27-26-29(13-14-33-4)23-16-18(2)15-19(3)24(23)34-26/h5-12,15-16,28H,13-14H2,1-4H3. The molecule has 7 nitrogen and oxygen atoms in total. The monoisotopic (exact) mass is 509 g/mol. The summed E-state index contributed by atoms with van der Waals surface area (Å²) in [5.41, 5.74) is 4.52. The van der Waals surface area contributed by atoms with Crippen molar-refractivity contribution in [1.29, 1.82) is 0 Å². The number of carbonyl (C=O) groups excluding carboxylic acids is 1. The quantitative estimate of drug-likeness (QED) is 0.387. The van der Waals surface area contributed by atoms with E-state index in [0.717, 1.165) is 26.9 Å². The summed E-state index contributed by atoms with van der Waals surface area (Å²) in [7, 11) is -2.24. The van der Waals surface area contributed by atoms with E-state index >= 15 is 0 Å². The number of hydrogen-bond donors (Lipinski definition) is 1. The normalized spacial score (nSPS) is 12.3. The molecule has 0 radical (unpaired) electrons. The molecule has 1 N–H and O–H groups in total. The van der Waals surface area contributed by atoms with Gasteiger partial charge in [-0.15, -0.1) is 0 Å². The van der Waals surface area contributed by atoms with Crippen molar-refractivity contribution >= 4 is 43.2 Å². The van der Waals surface area contributed by atoms with Gasteiger partial charge in [0.15, 0.2) is 4.80 Å². The Bertz CT molecular complexity index is 1570. The number of anilines is 1. The number of aryl methyl sites for hydroxylation is 3. The molecule has 4 rings (SSSR count). The lowest BCUT2D eigenvalue weighted by Gasteiger charge is -2.11. The smallest absolute Gasteiger partial charge is 0.281 e. The molecule has 182 valence electrons. The summed E-state index contributed by atoms with van der Waals surface area (Å²) in [5.74, 6) is -0.528. The lowest BCUT2D eigenvalue weighted by Crippen LogP contribution is -2.20. The third-order valence-electron chi connectivity index (χ3n) is 5.56. The number of nitrogens with zero attached hydrogens (tertiary/aromatic N) is 2. The molecule has 35 heavy (non-hydrogen) atoms. The predicted molar refractivity (Wildman–Crippen MR) is 139 cm³/mol. The second kappa shape index (κ2) is 10.2. The molecule has 0 unspecified atom stereocenters. The van der Waals surface area contributed by atoms with Crippen LogP contribution in [0, 0.1) is 20.8 Å². The molecule has 1 amide bonds. The third kappa shape index (κ3) is 5.37. The van der Waals surface area contributed by atoms with Crippen LogP contribution < -0.4 is 9.52 Å². The topological polar surface area (TPSA) is 89.8 Å². The number of amides is 1. The van der Waals surface area contributed by atoms with Crippen molar-refractivity contribution in [1.82, 2.24) is 4.57 Å². The molecule has 0 aliphatic heterocycles. The average Bonchev–Trinajstić information content (AvgIpc) is 3.15. The van der Waals surface area contributed by atoms with Crippen LogP contribution in [0.3, 0.4) is 0 Å². The first-order valence-electron chi connectivity index (χ1n) is 11.1. The van der Waals surface area contributed by atoms with E-state index in [1.165, 1.54) is 23.5 Å². The van der Waals surface area contributed by atoms with Crippen LogP contribution in [-0.2, 0) is 21.3 Å². The van der Waals surface area contributed by atoms with Crippen LogP contribution in [0.25, 0.3) is 10.2 Å². The number of methoxy groups -OCH3 is 1. The van der Waals surface area contributed by atoms with Crippen LogP contribution in [0.4, 0.5) is 5.69 Å². The van der Waals surface area contributed by atoms with Gasteiger partial charge < -0.3 is 9.30 Å². The minimum atomic E-state index is -3.87. The van der Waals surface area contributed by atoms with Gasteiger partial charge in [-0.1, -0.05) is 47.2 Å². The van der Waals surface area contributed by atoms with Gasteiger partial charge in [-0.2, -0.15) is 4.99 Å². The molecular formula is C26H27N3O4S2. The number of thiazole rings is 1. The number of aromatic nitrogens is 1. The number of fused-ring (bicyclic) bond motifs is 1. The Labute approximate surface area is 208 Å². The van der Waals surface area contributed by atoms with E-state index in [-0.39, 0.29) is 16.1 Å². The average molecular weight is 510 g/mol. The summed E-state index contributed by atoms with van der Waals surface area (Å²) >= 11 is 1.43. The molecule has 4 aromatic rings. The van der Waals surface area contributed by atoms with Crippen LogP contribution >= 0.6 is 11.3 Å². The van der Waals surface area contributed by atoms with Crippen LogP contribution in [-0.4, -0.2) is 32.6 Å². The molecule has 0 spiro atoms. The van der Waals surface area contributed by atoms with Crippen LogP contribution in [0.2, 0.25) is 0 Å². The minimum absolute atomic E-state index is 0.120. The van der Waals surface area contributed by atoms with Gasteiger partial charge in [0.25, 0.3) is 15.9 Å². The predicted octanol–water partition coefficient (Wildman–Crippen LogP) is 4.82. The van der Waals surface area contributed by atoms with Crippen molar-refractivity contribution in [2.75, 3.05) is 18.4 Å². The van der Waals surface area contributed by atoms with Gasteiger partial charge >= 0.3 is 0 Å². The largest absolute Gasteiger partial charge is 0.383 e. The zero-order chi connectivity index (χ0) is 25.2. The van der Waals surface area contributed by atoms with Gasteiger partial charge in [-0.05, 0) is 62.2 Å². The second-order valence-electron chi connectivity index (χ2n) is 8.34. The summed E-state index contributed by atoms with van der Waals surface area (Å²) < 4.78 is 36.7. The van der Waals surface area contributed by atoms with E-state index in [2.05, 4.69) is 21.8 Å². The highest BCUT2D eigenvalue weighted by molar-refractivity contribution is 7.92. The molecule has 0 fully saturated rings. The Kier molecular flexibility index (Phi) is 7.20. The van der Waals surface area contributed by atoms with Crippen LogP contribution in [0.15, 0.2) is 70.6 Å². The van der Waals surface area contributed by atoms with Crippen LogP contribution in [0.5, 0.6) is 0 Å². The van der Waals surface area contributed by atoms with Gasteiger partial charge in [0.1, 0.15) is 0 Å². The first-order chi connectivity index (χ1) is 16.7. The fourth-order valence-electron chi connectivity index (χ4n) is 3.82. The van der Waals surface area contributed by atoms with E-state index in [4.69, 9.17) is 4.74 Å². The molecule has 0 saturated carbocycles. The first-order valence-corrected chi connectivity index (χ1v) is 13.4. The molecule has 3 aromatic carbocycles. The highest BCUT2D eigenvalue weighted by atomic mass is 32.2. The lowest BCUT2D eigenvalue weighted by atomic mass is 10.1. The SMILES string of the molecule is COCCn1c(=NC(=O)c2ccccc2NS(=O)(=O)c2ccc(C)cc2)sc2c(C)cc(C)cc21. The van der Waals surface area contributed by atoms with Gasteiger partial charge in [0, 0.05) is 13.7 Å². The number of hydrogen-bond acceptors (Lipinski definition) is 5. The molecule has 0 atom stereocenters. The van der Waals surface area contributed by atoms with E-state index < -0.39 is 15.9 Å². The van der Waals surface area contributed by atoms with E-state index in [1.54, 1.807) is 43.5 Å². The summed E-state index contributed by atoms with van der Waals surface area (Å²) in [6, 6.07) is 17.2. The summed E-state index contributed by atoms with van der Waals surface area (Å²) in [4.78, 5) is 18.4. The molecule has 0 aliphatic rings. The second-order valence-corrected chi connectivity index (χ2v) is 11.0. The Morgan fingerprint density at radius 1 is 1.03 bits per heavy atom. The van der Waals surface area contributed by atoms with Gasteiger partial charge in [0.2, 0.25) is 0 Å².